The van der Waals surface area contributed by atoms with Crippen LogP contribution in [0.1, 0.15) is 13.3 Å². The molecule has 19 heavy (non-hydrogen) atoms. The lowest BCUT2D eigenvalue weighted by Crippen LogP contribution is -2.39. The van der Waals surface area contributed by atoms with Gasteiger partial charge in [0.25, 0.3) is 0 Å². The molecule has 0 radical (unpaired) electrons. The van der Waals surface area contributed by atoms with Gasteiger partial charge in [0.2, 0.25) is 0 Å². The fraction of sp³-hybridized carbons (Fsp3) is 0.538. The van der Waals surface area contributed by atoms with Crippen molar-refractivity contribution in [3.63, 3.8) is 0 Å². The Hall–Kier alpha value is -0.430. The Labute approximate surface area is 123 Å². The molecule has 1 aromatic rings. The Morgan fingerprint density at radius 2 is 2.16 bits per heavy atom. The highest BCUT2D eigenvalue weighted by atomic mass is 79.9. The molecule has 0 saturated heterocycles. The zero-order chi connectivity index (χ0) is 14.3. The summed E-state index contributed by atoms with van der Waals surface area (Å²) in [5.41, 5.74) is 0. The van der Waals surface area contributed by atoms with E-state index in [2.05, 4.69) is 21.2 Å². The molecule has 1 atom stereocenters. The first kappa shape index (κ1) is 16.6. The van der Waals surface area contributed by atoms with E-state index in [1.54, 1.807) is 31.4 Å². The standard InChI is InChI=1S/C13H20BrNO3S/c1-3-7-15-12(9-18-2)10-19(16,17)13-6-4-5-11(14)8-13/h4-6,8,12,15H,3,7,9-10H2,1-2H3. The van der Waals surface area contributed by atoms with Crippen LogP contribution in [0.4, 0.5) is 0 Å². The highest BCUT2D eigenvalue weighted by Gasteiger charge is 2.21. The molecule has 1 unspecified atom stereocenters. The Morgan fingerprint density at radius 3 is 2.74 bits per heavy atom. The summed E-state index contributed by atoms with van der Waals surface area (Å²) >= 11 is 3.29. The fourth-order valence-electron chi connectivity index (χ4n) is 1.74. The number of hydrogen-bond acceptors (Lipinski definition) is 4. The largest absolute Gasteiger partial charge is 0.383 e. The van der Waals surface area contributed by atoms with Gasteiger partial charge in [-0.15, -0.1) is 0 Å². The SMILES string of the molecule is CCCNC(COC)CS(=O)(=O)c1cccc(Br)c1. The van der Waals surface area contributed by atoms with Crippen molar-refractivity contribution in [3.8, 4) is 0 Å². The Bertz CT molecular complexity index is 490. The molecule has 1 aromatic carbocycles. The van der Waals surface area contributed by atoms with E-state index < -0.39 is 9.84 Å². The second-order valence-electron chi connectivity index (χ2n) is 4.35. The first-order valence-corrected chi connectivity index (χ1v) is 8.64. The maximum Gasteiger partial charge on any atom is 0.180 e. The van der Waals surface area contributed by atoms with Gasteiger partial charge in [-0.1, -0.05) is 28.9 Å². The summed E-state index contributed by atoms with van der Waals surface area (Å²) in [5.74, 6) is 0.0390. The molecule has 0 fully saturated rings. The van der Waals surface area contributed by atoms with Gasteiger partial charge in [-0.3, -0.25) is 0 Å². The number of benzene rings is 1. The molecule has 0 spiro atoms. The second-order valence-corrected chi connectivity index (χ2v) is 7.30. The topological polar surface area (TPSA) is 55.4 Å². The normalized spacial score (nSPS) is 13.4. The van der Waals surface area contributed by atoms with E-state index in [0.29, 0.717) is 11.5 Å². The quantitative estimate of drug-likeness (QED) is 0.781. The van der Waals surface area contributed by atoms with Crippen molar-refractivity contribution < 1.29 is 13.2 Å². The van der Waals surface area contributed by atoms with Crippen molar-refractivity contribution in [1.82, 2.24) is 5.32 Å². The predicted octanol–water partition coefficient (Wildman–Crippen LogP) is 2.24. The van der Waals surface area contributed by atoms with Crippen LogP contribution >= 0.6 is 15.9 Å². The van der Waals surface area contributed by atoms with Crippen LogP contribution in [0.2, 0.25) is 0 Å². The van der Waals surface area contributed by atoms with E-state index >= 15 is 0 Å². The van der Waals surface area contributed by atoms with Gasteiger partial charge < -0.3 is 10.1 Å². The monoisotopic (exact) mass is 349 g/mol. The minimum atomic E-state index is -3.31. The average molecular weight is 350 g/mol. The van der Waals surface area contributed by atoms with E-state index in [1.165, 1.54) is 0 Å². The maximum atomic E-state index is 12.3. The molecule has 1 rings (SSSR count). The number of nitrogens with one attached hydrogen (secondary N) is 1. The van der Waals surface area contributed by atoms with E-state index in [-0.39, 0.29) is 11.8 Å². The fourth-order valence-corrected chi connectivity index (χ4v) is 3.82. The third-order valence-electron chi connectivity index (χ3n) is 2.63. The molecule has 6 heteroatoms. The molecule has 0 aliphatic carbocycles. The molecular weight excluding hydrogens is 330 g/mol. The lowest BCUT2D eigenvalue weighted by molar-refractivity contribution is 0.173. The van der Waals surface area contributed by atoms with Crippen molar-refractivity contribution in [2.45, 2.75) is 24.3 Å². The minimum absolute atomic E-state index is 0.0390. The summed E-state index contributed by atoms with van der Waals surface area (Å²) in [4.78, 5) is 0.335. The van der Waals surface area contributed by atoms with Crippen LogP contribution in [-0.2, 0) is 14.6 Å². The molecule has 0 aliphatic heterocycles. The van der Waals surface area contributed by atoms with Crippen LogP contribution in [0.3, 0.4) is 0 Å². The van der Waals surface area contributed by atoms with E-state index in [1.807, 2.05) is 6.92 Å². The molecule has 4 nitrogen and oxygen atoms in total. The summed E-state index contributed by atoms with van der Waals surface area (Å²) in [7, 11) is -1.73. The number of hydrogen-bond donors (Lipinski definition) is 1. The summed E-state index contributed by atoms with van der Waals surface area (Å²) in [6.07, 6.45) is 0.956. The lowest BCUT2D eigenvalue weighted by atomic mass is 10.3. The Balaban J connectivity index is 2.81. The molecule has 1 N–H and O–H groups in total. The Morgan fingerprint density at radius 1 is 1.42 bits per heavy atom. The second kappa shape index (κ2) is 7.99. The zero-order valence-electron chi connectivity index (χ0n) is 11.2. The molecule has 0 amide bonds. The van der Waals surface area contributed by atoms with Gasteiger partial charge in [0, 0.05) is 17.6 Å². The van der Waals surface area contributed by atoms with Crippen molar-refractivity contribution in [1.29, 1.82) is 0 Å². The van der Waals surface area contributed by atoms with Crippen LogP contribution in [-0.4, -0.2) is 40.5 Å². The molecule has 0 saturated carbocycles. The highest BCUT2D eigenvalue weighted by molar-refractivity contribution is 9.10. The van der Waals surface area contributed by atoms with Gasteiger partial charge in [-0.05, 0) is 31.2 Å². The number of methoxy groups -OCH3 is 1. The van der Waals surface area contributed by atoms with Crippen LogP contribution in [0.15, 0.2) is 33.6 Å². The summed E-state index contributed by atoms with van der Waals surface area (Å²) < 4.78 is 30.5. The molecule has 0 bridgehead atoms. The van der Waals surface area contributed by atoms with Crippen LogP contribution in [0.5, 0.6) is 0 Å². The molecular formula is C13H20BrNO3S. The Kier molecular flexibility index (Phi) is 6.99. The lowest BCUT2D eigenvalue weighted by Gasteiger charge is -2.17. The summed E-state index contributed by atoms with van der Waals surface area (Å²) in [6.45, 7) is 3.20. The zero-order valence-corrected chi connectivity index (χ0v) is 13.6. The molecule has 0 heterocycles. The number of halogens is 1. The molecule has 0 aliphatic rings. The van der Waals surface area contributed by atoms with Crippen molar-refractivity contribution >= 4 is 25.8 Å². The molecule has 0 aromatic heterocycles. The van der Waals surface area contributed by atoms with Gasteiger partial charge in [-0.25, -0.2) is 8.42 Å². The van der Waals surface area contributed by atoms with E-state index in [4.69, 9.17) is 4.74 Å². The van der Waals surface area contributed by atoms with Gasteiger partial charge in [-0.2, -0.15) is 0 Å². The minimum Gasteiger partial charge on any atom is -0.383 e. The van der Waals surface area contributed by atoms with Crippen LogP contribution in [0.25, 0.3) is 0 Å². The van der Waals surface area contributed by atoms with Crippen molar-refractivity contribution in [2.24, 2.45) is 0 Å². The third-order valence-corrected chi connectivity index (χ3v) is 4.93. The number of rotatable bonds is 8. The molecule has 108 valence electrons. The number of ether oxygens (including phenoxy) is 1. The van der Waals surface area contributed by atoms with Gasteiger partial charge in [0.1, 0.15) is 0 Å². The van der Waals surface area contributed by atoms with Crippen LogP contribution in [0, 0.1) is 0 Å². The first-order valence-electron chi connectivity index (χ1n) is 6.20. The summed E-state index contributed by atoms with van der Waals surface area (Å²) in [6, 6.07) is 6.58. The van der Waals surface area contributed by atoms with Crippen molar-refractivity contribution in [2.75, 3.05) is 26.0 Å². The van der Waals surface area contributed by atoms with E-state index in [0.717, 1.165) is 17.4 Å². The van der Waals surface area contributed by atoms with Crippen molar-refractivity contribution in [3.05, 3.63) is 28.7 Å². The first-order chi connectivity index (χ1) is 8.99. The third kappa shape index (κ3) is 5.60. The predicted molar refractivity (Wildman–Crippen MR) is 80.2 cm³/mol. The summed E-state index contributed by atoms with van der Waals surface area (Å²) in [5, 5.41) is 3.19. The smallest absolute Gasteiger partial charge is 0.180 e. The van der Waals surface area contributed by atoms with E-state index in [9.17, 15) is 8.42 Å². The maximum absolute atomic E-state index is 12.3. The average Bonchev–Trinajstić information content (AvgIpc) is 2.36. The number of sulfone groups is 1. The van der Waals surface area contributed by atoms with Gasteiger partial charge in [0.05, 0.1) is 17.3 Å². The highest BCUT2D eigenvalue weighted by Crippen LogP contribution is 2.18. The van der Waals surface area contributed by atoms with Gasteiger partial charge >= 0.3 is 0 Å². The van der Waals surface area contributed by atoms with Crippen LogP contribution < -0.4 is 5.32 Å². The van der Waals surface area contributed by atoms with Gasteiger partial charge in [0.15, 0.2) is 9.84 Å².